The lowest BCUT2D eigenvalue weighted by molar-refractivity contribution is 0.692. The zero-order valence-corrected chi connectivity index (χ0v) is 11.2. The molecule has 1 N–H and O–H groups in total. The molecule has 1 aromatic carbocycles. The van der Waals surface area contributed by atoms with E-state index >= 15 is 0 Å². The summed E-state index contributed by atoms with van der Waals surface area (Å²) in [5, 5.41) is 7.56. The van der Waals surface area contributed by atoms with Gasteiger partial charge in [0.05, 0.1) is 6.20 Å². The molecule has 0 amide bonds. The number of nitrogens with one attached hydrogen (secondary N) is 1. The average molecular weight is 244 g/mol. The lowest BCUT2D eigenvalue weighted by Gasteiger charge is -2.12. The van der Waals surface area contributed by atoms with E-state index in [1.807, 2.05) is 24.1 Å². The van der Waals surface area contributed by atoms with Crippen molar-refractivity contribution in [3.05, 3.63) is 47.8 Å². The topological polar surface area (TPSA) is 33.1 Å². The Balaban J connectivity index is 1.83. The normalized spacial score (nSPS) is 10.6. The Bertz CT molecular complexity index is 485. The van der Waals surface area contributed by atoms with Crippen LogP contribution in [0.25, 0.3) is 0 Å². The third kappa shape index (κ3) is 3.34. The minimum atomic E-state index is 0.850. The number of hydrogen-bond donors (Lipinski definition) is 1. The first-order valence-corrected chi connectivity index (χ1v) is 6.09. The standard InChI is InChI=1S/C14H20N4/c1-17(2)14-6-4-12(5-7-14)8-15-9-13-10-16-18(3)11-13/h4-7,10-11,15H,8-9H2,1-3H3. The zero-order valence-electron chi connectivity index (χ0n) is 11.2. The van der Waals surface area contributed by atoms with Crippen LogP contribution in [0.4, 0.5) is 5.69 Å². The van der Waals surface area contributed by atoms with Gasteiger partial charge in [0, 0.05) is 51.7 Å². The van der Waals surface area contributed by atoms with Crippen molar-refractivity contribution in [3.63, 3.8) is 0 Å². The molecular weight excluding hydrogens is 224 g/mol. The van der Waals surface area contributed by atoms with Gasteiger partial charge in [-0.05, 0) is 17.7 Å². The zero-order chi connectivity index (χ0) is 13.0. The molecule has 0 saturated carbocycles. The van der Waals surface area contributed by atoms with E-state index in [0.717, 1.165) is 13.1 Å². The first-order valence-electron chi connectivity index (χ1n) is 6.09. The summed E-state index contributed by atoms with van der Waals surface area (Å²) in [6, 6.07) is 8.60. The smallest absolute Gasteiger partial charge is 0.0534 e. The molecule has 0 spiro atoms. The van der Waals surface area contributed by atoms with Crippen molar-refractivity contribution in [2.24, 2.45) is 7.05 Å². The molecule has 0 unspecified atom stereocenters. The lowest BCUT2D eigenvalue weighted by atomic mass is 10.2. The Labute approximate surface area is 108 Å². The molecule has 18 heavy (non-hydrogen) atoms. The van der Waals surface area contributed by atoms with Crippen molar-refractivity contribution in [1.82, 2.24) is 15.1 Å². The van der Waals surface area contributed by atoms with E-state index in [1.165, 1.54) is 16.8 Å². The summed E-state index contributed by atoms with van der Waals surface area (Å²) in [5.74, 6) is 0. The van der Waals surface area contributed by atoms with Gasteiger partial charge in [0.15, 0.2) is 0 Å². The van der Waals surface area contributed by atoms with Gasteiger partial charge in [-0.3, -0.25) is 4.68 Å². The highest BCUT2D eigenvalue weighted by Crippen LogP contribution is 2.12. The van der Waals surface area contributed by atoms with Crippen LogP contribution in [0.3, 0.4) is 0 Å². The van der Waals surface area contributed by atoms with E-state index in [0.29, 0.717) is 0 Å². The third-order valence-electron chi connectivity index (χ3n) is 2.87. The average Bonchev–Trinajstić information content (AvgIpc) is 2.76. The molecule has 0 aliphatic heterocycles. The van der Waals surface area contributed by atoms with Gasteiger partial charge in [0.25, 0.3) is 0 Å². The monoisotopic (exact) mass is 244 g/mol. The molecule has 2 aromatic rings. The predicted molar refractivity (Wildman–Crippen MR) is 74.5 cm³/mol. The van der Waals surface area contributed by atoms with E-state index in [9.17, 15) is 0 Å². The van der Waals surface area contributed by atoms with Crippen molar-refractivity contribution in [1.29, 1.82) is 0 Å². The van der Waals surface area contributed by atoms with E-state index in [1.54, 1.807) is 0 Å². The quantitative estimate of drug-likeness (QED) is 0.870. The van der Waals surface area contributed by atoms with Crippen molar-refractivity contribution in [2.75, 3.05) is 19.0 Å². The van der Waals surface area contributed by atoms with Gasteiger partial charge in [-0.1, -0.05) is 12.1 Å². The molecule has 0 saturated heterocycles. The molecule has 2 rings (SSSR count). The van der Waals surface area contributed by atoms with Crippen LogP contribution in [0, 0.1) is 0 Å². The first kappa shape index (κ1) is 12.6. The second-order valence-corrected chi connectivity index (χ2v) is 4.69. The molecule has 1 aromatic heterocycles. The molecule has 4 heteroatoms. The van der Waals surface area contributed by atoms with E-state index in [2.05, 4.69) is 53.7 Å². The summed E-state index contributed by atoms with van der Waals surface area (Å²) in [6.07, 6.45) is 3.92. The van der Waals surface area contributed by atoms with Gasteiger partial charge in [-0.2, -0.15) is 5.10 Å². The maximum absolute atomic E-state index is 4.14. The van der Waals surface area contributed by atoms with Crippen LogP contribution in [0.15, 0.2) is 36.7 Å². The van der Waals surface area contributed by atoms with Crippen molar-refractivity contribution in [2.45, 2.75) is 13.1 Å². The summed E-state index contributed by atoms with van der Waals surface area (Å²) < 4.78 is 1.82. The predicted octanol–water partition coefficient (Wildman–Crippen LogP) is 1.78. The molecule has 0 radical (unpaired) electrons. The van der Waals surface area contributed by atoms with Crippen LogP contribution in [-0.2, 0) is 20.1 Å². The number of aryl methyl sites for hydroxylation is 1. The number of benzene rings is 1. The van der Waals surface area contributed by atoms with Gasteiger partial charge in [-0.25, -0.2) is 0 Å². The van der Waals surface area contributed by atoms with E-state index in [-0.39, 0.29) is 0 Å². The Morgan fingerprint density at radius 1 is 1.11 bits per heavy atom. The van der Waals surface area contributed by atoms with Crippen molar-refractivity contribution >= 4 is 5.69 Å². The second kappa shape index (κ2) is 5.69. The summed E-state index contributed by atoms with van der Waals surface area (Å²) in [5.41, 5.74) is 3.73. The molecule has 0 aliphatic rings. The minimum absolute atomic E-state index is 0.850. The van der Waals surface area contributed by atoms with Crippen LogP contribution in [0.5, 0.6) is 0 Å². The molecule has 4 nitrogen and oxygen atoms in total. The van der Waals surface area contributed by atoms with Gasteiger partial charge < -0.3 is 10.2 Å². The molecule has 0 fully saturated rings. The summed E-state index contributed by atoms with van der Waals surface area (Å²) >= 11 is 0. The van der Waals surface area contributed by atoms with Crippen molar-refractivity contribution < 1.29 is 0 Å². The molecule has 1 heterocycles. The van der Waals surface area contributed by atoms with Crippen LogP contribution >= 0.6 is 0 Å². The summed E-state index contributed by atoms with van der Waals surface area (Å²) in [6.45, 7) is 1.73. The molecule has 96 valence electrons. The van der Waals surface area contributed by atoms with E-state index < -0.39 is 0 Å². The first-order chi connectivity index (χ1) is 8.65. The number of rotatable bonds is 5. The fraction of sp³-hybridized carbons (Fsp3) is 0.357. The second-order valence-electron chi connectivity index (χ2n) is 4.69. The maximum Gasteiger partial charge on any atom is 0.0534 e. The Kier molecular flexibility index (Phi) is 3.99. The van der Waals surface area contributed by atoms with Gasteiger partial charge in [-0.15, -0.1) is 0 Å². The Morgan fingerprint density at radius 3 is 2.33 bits per heavy atom. The molecule has 0 atom stereocenters. The van der Waals surface area contributed by atoms with Gasteiger partial charge in [0.2, 0.25) is 0 Å². The fourth-order valence-corrected chi connectivity index (χ4v) is 1.83. The summed E-state index contributed by atoms with van der Waals surface area (Å²) in [4.78, 5) is 2.10. The van der Waals surface area contributed by atoms with Gasteiger partial charge in [0.1, 0.15) is 0 Å². The van der Waals surface area contributed by atoms with Crippen LogP contribution in [0.1, 0.15) is 11.1 Å². The fourth-order valence-electron chi connectivity index (χ4n) is 1.83. The molecule has 0 aliphatic carbocycles. The minimum Gasteiger partial charge on any atom is -0.378 e. The summed E-state index contributed by atoms with van der Waals surface area (Å²) in [7, 11) is 6.04. The van der Waals surface area contributed by atoms with Crippen molar-refractivity contribution in [3.8, 4) is 0 Å². The SMILES string of the molecule is CN(C)c1ccc(CNCc2cnn(C)c2)cc1. The van der Waals surface area contributed by atoms with Gasteiger partial charge >= 0.3 is 0 Å². The molecular formula is C14H20N4. The number of nitrogens with zero attached hydrogens (tertiary/aromatic N) is 3. The molecule has 0 bridgehead atoms. The maximum atomic E-state index is 4.14. The highest BCUT2D eigenvalue weighted by molar-refractivity contribution is 5.45. The third-order valence-corrected chi connectivity index (χ3v) is 2.87. The Hall–Kier alpha value is -1.81. The Morgan fingerprint density at radius 2 is 1.78 bits per heavy atom. The number of anilines is 1. The van der Waals surface area contributed by atoms with Crippen LogP contribution < -0.4 is 10.2 Å². The highest BCUT2D eigenvalue weighted by Gasteiger charge is 1.98. The van der Waals surface area contributed by atoms with Crippen LogP contribution in [0.2, 0.25) is 0 Å². The highest BCUT2D eigenvalue weighted by atomic mass is 15.2. The largest absolute Gasteiger partial charge is 0.378 e. The number of aromatic nitrogens is 2. The van der Waals surface area contributed by atoms with Crippen LogP contribution in [-0.4, -0.2) is 23.9 Å². The number of hydrogen-bond acceptors (Lipinski definition) is 3. The lowest BCUT2D eigenvalue weighted by Crippen LogP contribution is -2.13. The van der Waals surface area contributed by atoms with E-state index in [4.69, 9.17) is 0 Å².